The van der Waals surface area contributed by atoms with E-state index < -0.39 is 39.2 Å². The normalized spacial score (nSPS) is 12.4. The Morgan fingerprint density at radius 1 is 1.00 bits per heavy atom. The maximum absolute atomic E-state index is 15.5. The van der Waals surface area contributed by atoms with Gasteiger partial charge in [-0.2, -0.15) is 21.6 Å². The van der Waals surface area contributed by atoms with Crippen molar-refractivity contribution >= 4 is 31.5 Å². The molecule has 39 heavy (non-hydrogen) atoms. The molecule has 13 heteroatoms. The molecule has 0 aliphatic carbocycles. The Morgan fingerprint density at radius 2 is 1.72 bits per heavy atom. The molecule has 0 aliphatic heterocycles. The molecule has 0 amide bonds. The van der Waals surface area contributed by atoms with Crippen molar-refractivity contribution in [2.45, 2.75) is 52.1 Å². The summed E-state index contributed by atoms with van der Waals surface area (Å²) in [4.78, 5) is 8.77. The Morgan fingerprint density at radius 3 is 2.33 bits per heavy atom. The van der Waals surface area contributed by atoms with Crippen LogP contribution in [0.4, 0.5) is 22.0 Å². The lowest BCUT2D eigenvalue weighted by molar-refractivity contribution is -0.0500. The number of hydrogen-bond acceptors (Lipinski definition) is 7. The van der Waals surface area contributed by atoms with Gasteiger partial charge in [-0.1, -0.05) is 19.9 Å². The molecule has 0 saturated heterocycles. The second kappa shape index (κ2) is 10.7. The molecule has 0 spiro atoms. The number of halogens is 5. The fraction of sp³-hybridized carbons (Fsp3) is 0.308. The van der Waals surface area contributed by atoms with E-state index in [2.05, 4.69) is 14.2 Å². The summed E-state index contributed by atoms with van der Waals surface area (Å²) in [5.41, 5.74) is -4.33. The molecule has 0 saturated carbocycles. The Labute approximate surface area is 225 Å². The molecule has 6 nitrogen and oxygen atoms in total. The fourth-order valence-electron chi connectivity index (χ4n) is 4.06. The summed E-state index contributed by atoms with van der Waals surface area (Å²) in [7, 11) is -6.08. The summed E-state index contributed by atoms with van der Waals surface area (Å²) in [6.45, 7) is 7.10. The minimum absolute atomic E-state index is 0.0451. The lowest BCUT2D eigenvalue weighted by atomic mass is 9.97. The van der Waals surface area contributed by atoms with Crippen molar-refractivity contribution in [2.24, 2.45) is 0 Å². The maximum atomic E-state index is 15.5. The predicted molar refractivity (Wildman–Crippen MR) is 138 cm³/mol. The molecule has 208 valence electrons. The summed E-state index contributed by atoms with van der Waals surface area (Å²) in [5.74, 6) is -2.94. The quantitative estimate of drug-likeness (QED) is 0.121. The number of aryl methyl sites for hydroxylation is 2. The van der Waals surface area contributed by atoms with E-state index in [0.29, 0.717) is 24.6 Å². The van der Waals surface area contributed by atoms with Crippen LogP contribution in [0, 0.1) is 11.6 Å². The largest absolute Gasteiger partial charge is 0.534 e. The highest BCUT2D eigenvalue weighted by molar-refractivity contribution is 7.88. The first-order valence-electron chi connectivity index (χ1n) is 11.8. The molecule has 0 fully saturated rings. The number of aromatic nitrogens is 2. The third kappa shape index (κ3) is 5.55. The van der Waals surface area contributed by atoms with Gasteiger partial charge in [0.1, 0.15) is 23.1 Å². The van der Waals surface area contributed by atoms with Crippen LogP contribution in [0.2, 0.25) is 0 Å². The lowest BCUT2D eigenvalue weighted by Crippen LogP contribution is -2.28. The number of fused-ring (bicyclic) bond motifs is 1. The predicted octanol–water partition coefficient (Wildman–Crippen LogP) is 7.44. The van der Waals surface area contributed by atoms with Crippen molar-refractivity contribution in [3.63, 3.8) is 0 Å². The molecule has 3 aromatic heterocycles. The van der Waals surface area contributed by atoms with Gasteiger partial charge in [0.2, 0.25) is 5.88 Å². The summed E-state index contributed by atoms with van der Waals surface area (Å²) in [5, 5.41) is 1.34. The molecule has 0 aliphatic rings. The standard InChI is InChI=1S/C26H23F5N2O4S2/c1-5-14-7-8-19(32-18(14)6-2)23-22(21-17(28)11-15(27)12-20(21)36-13(3)4)24-16(9-10-38-24)25(33-23)37-39(34,35)26(29,30)31/h7-13H,5-6H2,1-4H3. The van der Waals surface area contributed by atoms with Crippen molar-refractivity contribution in [1.82, 2.24) is 9.97 Å². The second-order valence-electron chi connectivity index (χ2n) is 8.72. The van der Waals surface area contributed by atoms with Crippen LogP contribution in [-0.2, 0) is 23.0 Å². The van der Waals surface area contributed by atoms with Crippen molar-refractivity contribution < 1.29 is 39.3 Å². The lowest BCUT2D eigenvalue weighted by Gasteiger charge is -2.19. The minimum atomic E-state index is -6.08. The highest BCUT2D eigenvalue weighted by Crippen LogP contribution is 2.47. The first-order chi connectivity index (χ1) is 18.3. The van der Waals surface area contributed by atoms with Gasteiger partial charge in [-0.3, -0.25) is 4.98 Å². The van der Waals surface area contributed by atoms with Gasteiger partial charge in [-0.05, 0) is 49.8 Å². The van der Waals surface area contributed by atoms with Gasteiger partial charge >= 0.3 is 15.6 Å². The summed E-state index contributed by atoms with van der Waals surface area (Å²) in [6.07, 6.45) is 0.664. The Bertz CT molecular complexity index is 1650. The molecule has 0 unspecified atom stereocenters. The Balaban J connectivity index is 2.14. The number of benzene rings is 1. The molecule has 3 heterocycles. The number of hydrogen-bond donors (Lipinski definition) is 0. The van der Waals surface area contributed by atoms with Crippen molar-refractivity contribution in [2.75, 3.05) is 0 Å². The van der Waals surface area contributed by atoms with Gasteiger partial charge in [0, 0.05) is 23.4 Å². The zero-order valence-electron chi connectivity index (χ0n) is 21.2. The molecule has 1 aromatic carbocycles. The van der Waals surface area contributed by atoms with Crippen LogP contribution in [0.15, 0.2) is 35.7 Å². The van der Waals surface area contributed by atoms with E-state index in [1.54, 1.807) is 26.0 Å². The summed E-state index contributed by atoms with van der Waals surface area (Å²) < 4.78 is 104. The monoisotopic (exact) mass is 586 g/mol. The van der Waals surface area contributed by atoms with Crippen LogP contribution >= 0.6 is 11.3 Å². The number of nitrogens with zero attached hydrogens (tertiary/aromatic N) is 2. The molecule has 0 N–H and O–H groups in total. The topological polar surface area (TPSA) is 78.4 Å². The highest BCUT2D eigenvalue weighted by Gasteiger charge is 2.49. The average molecular weight is 587 g/mol. The van der Waals surface area contributed by atoms with Crippen LogP contribution in [-0.4, -0.2) is 30.0 Å². The third-order valence-electron chi connectivity index (χ3n) is 5.70. The van der Waals surface area contributed by atoms with E-state index >= 15 is 4.39 Å². The number of pyridine rings is 2. The molecule has 0 bridgehead atoms. The van der Waals surface area contributed by atoms with Gasteiger partial charge in [0.15, 0.2) is 0 Å². The van der Waals surface area contributed by atoms with Crippen molar-refractivity contribution in [3.8, 4) is 34.1 Å². The summed E-state index contributed by atoms with van der Waals surface area (Å²) >= 11 is 0.984. The van der Waals surface area contributed by atoms with Crippen LogP contribution in [0.25, 0.3) is 32.6 Å². The van der Waals surface area contributed by atoms with E-state index in [-0.39, 0.29) is 38.4 Å². The zero-order chi connectivity index (χ0) is 28.7. The van der Waals surface area contributed by atoms with E-state index in [0.717, 1.165) is 23.0 Å². The van der Waals surface area contributed by atoms with Crippen LogP contribution in [0.1, 0.15) is 39.0 Å². The van der Waals surface area contributed by atoms with Gasteiger partial charge < -0.3 is 8.92 Å². The molecule has 0 radical (unpaired) electrons. The van der Waals surface area contributed by atoms with Gasteiger partial charge in [0.05, 0.1) is 27.4 Å². The first-order valence-corrected chi connectivity index (χ1v) is 14.1. The van der Waals surface area contributed by atoms with Crippen LogP contribution in [0.5, 0.6) is 11.6 Å². The molecule has 0 atom stereocenters. The molecular formula is C26H23F5N2O4S2. The smallest absolute Gasteiger partial charge is 0.490 e. The zero-order valence-corrected chi connectivity index (χ0v) is 22.8. The number of rotatable bonds is 8. The van der Waals surface area contributed by atoms with Crippen molar-refractivity contribution in [3.05, 3.63) is 58.6 Å². The number of thiophene rings is 1. The number of ether oxygens (including phenoxy) is 1. The van der Waals surface area contributed by atoms with Crippen molar-refractivity contribution in [1.29, 1.82) is 0 Å². The van der Waals surface area contributed by atoms with E-state index in [1.165, 1.54) is 11.4 Å². The Hall–Kier alpha value is -3.32. The minimum Gasteiger partial charge on any atom is -0.490 e. The Kier molecular flexibility index (Phi) is 7.86. The van der Waals surface area contributed by atoms with Gasteiger partial charge in [-0.15, -0.1) is 11.3 Å². The highest BCUT2D eigenvalue weighted by atomic mass is 32.2. The first kappa shape index (κ1) is 28.7. The van der Waals surface area contributed by atoms with Gasteiger partial charge in [0.25, 0.3) is 0 Å². The summed E-state index contributed by atoms with van der Waals surface area (Å²) in [6, 6.07) is 6.25. The van der Waals surface area contributed by atoms with E-state index in [9.17, 15) is 26.0 Å². The van der Waals surface area contributed by atoms with Gasteiger partial charge in [-0.25, -0.2) is 13.8 Å². The average Bonchev–Trinajstić information content (AvgIpc) is 3.33. The fourth-order valence-corrected chi connectivity index (χ4v) is 5.43. The second-order valence-corrected chi connectivity index (χ2v) is 11.2. The molecular weight excluding hydrogens is 563 g/mol. The number of alkyl halides is 3. The SMILES string of the molecule is CCc1ccc(-c2nc(OS(=O)(=O)C(F)(F)F)c3ccsc3c2-c2c(F)cc(F)cc2OC(C)C)nc1CC. The molecule has 4 aromatic rings. The van der Waals surface area contributed by atoms with E-state index in [4.69, 9.17) is 4.74 Å². The van der Waals surface area contributed by atoms with Crippen LogP contribution < -0.4 is 8.92 Å². The third-order valence-corrected chi connectivity index (χ3v) is 7.58. The molecule has 4 rings (SSSR count). The van der Waals surface area contributed by atoms with E-state index in [1.807, 2.05) is 13.8 Å². The van der Waals surface area contributed by atoms with Crippen LogP contribution in [0.3, 0.4) is 0 Å². The maximum Gasteiger partial charge on any atom is 0.534 e.